The molecule has 0 aromatic heterocycles. The highest BCUT2D eigenvalue weighted by Gasteiger charge is 2.58. The van der Waals surface area contributed by atoms with Crippen molar-refractivity contribution in [1.82, 2.24) is 4.90 Å². The molecule has 6 rings (SSSR count). The number of fused-ring (bicyclic) bond motifs is 1. The van der Waals surface area contributed by atoms with Gasteiger partial charge in [-0.1, -0.05) is 33.2 Å². The average Bonchev–Trinajstić information content (AvgIpc) is 3.39. The number of nitrogens with zero attached hydrogens (tertiary/aromatic N) is 2. The van der Waals surface area contributed by atoms with Crippen molar-refractivity contribution >= 4 is 33.4 Å². The fourth-order valence-corrected chi connectivity index (χ4v) is 7.47. The summed E-state index contributed by atoms with van der Waals surface area (Å²) in [5.74, 6) is -0.809. The molecular formula is C30H31BrN2O7. The Morgan fingerprint density at radius 3 is 2.62 bits per heavy atom. The van der Waals surface area contributed by atoms with Gasteiger partial charge >= 0.3 is 5.97 Å². The molecule has 10 heteroatoms. The maximum absolute atomic E-state index is 13.3. The summed E-state index contributed by atoms with van der Waals surface area (Å²) in [5.41, 5.74) is 2.81. The number of likely N-dealkylation sites (N-methyl/N-ethyl adjacent to an activating group) is 1. The zero-order chi connectivity index (χ0) is 28.3. The number of Topliss-reactive ketones (excluding diaryl/α,β-unsaturated/α-hetero) is 1. The van der Waals surface area contributed by atoms with Crippen LogP contribution in [0.25, 0.3) is 0 Å². The number of rotatable bonds is 5. The van der Waals surface area contributed by atoms with E-state index in [1.807, 2.05) is 30.3 Å². The first-order valence-corrected chi connectivity index (χ1v) is 14.0. The van der Waals surface area contributed by atoms with Gasteiger partial charge < -0.3 is 29.1 Å². The first kappa shape index (κ1) is 26.8. The SMILES string of the molecule is COC(=O)[C@@H]1C(c2ccc(Br)cc2)=NO[C@H]1c1cc(OC)c(O)c2c1C[C@H]1[C@H]3C=C(OC)C(=O)C[C@@]23CCN1C. The summed E-state index contributed by atoms with van der Waals surface area (Å²) in [6, 6.07) is 9.28. The summed E-state index contributed by atoms with van der Waals surface area (Å²) in [7, 11) is 6.44. The van der Waals surface area contributed by atoms with Crippen molar-refractivity contribution in [2.45, 2.75) is 36.8 Å². The third kappa shape index (κ3) is 3.87. The van der Waals surface area contributed by atoms with Crippen LogP contribution >= 0.6 is 15.9 Å². The van der Waals surface area contributed by atoms with Gasteiger partial charge in [-0.25, -0.2) is 0 Å². The zero-order valence-electron chi connectivity index (χ0n) is 22.8. The number of phenolic OH excluding ortho intramolecular Hbond substituents is 1. The lowest BCUT2D eigenvalue weighted by molar-refractivity contribution is -0.146. The Labute approximate surface area is 240 Å². The maximum atomic E-state index is 13.3. The second kappa shape index (κ2) is 9.92. The fraction of sp³-hybridized carbons (Fsp3) is 0.433. The number of carbonyl (C=O) groups is 2. The largest absolute Gasteiger partial charge is 0.504 e. The molecule has 0 unspecified atom stereocenters. The van der Waals surface area contributed by atoms with Crippen molar-refractivity contribution in [3.63, 3.8) is 0 Å². The molecule has 0 amide bonds. The molecular weight excluding hydrogens is 580 g/mol. The predicted molar refractivity (Wildman–Crippen MR) is 149 cm³/mol. The summed E-state index contributed by atoms with van der Waals surface area (Å²) >= 11 is 3.45. The van der Waals surface area contributed by atoms with Crippen LogP contribution in [0.3, 0.4) is 0 Å². The molecule has 9 nitrogen and oxygen atoms in total. The molecule has 2 aromatic carbocycles. The van der Waals surface area contributed by atoms with Gasteiger partial charge in [-0.05, 0) is 56.3 Å². The van der Waals surface area contributed by atoms with Crippen molar-refractivity contribution in [3.8, 4) is 11.5 Å². The molecule has 2 aliphatic heterocycles. The minimum atomic E-state index is -0.842. The van der Waals surface area contributed by atoms with Crippen LogP contribution in [-0.4, -0.2) is 68.4 Å². The van der Waals surface area contributed by atoms with Crippen molar-refractivity contribution in [2.75, 3.05) is 34.9 Å². The minimum absolute atomic E-state index is 0.0259. The molecule has 40 heavy (non-hydrogen) atoms. The Bertz CT molecular complexity index is 1450. The van der Waals surface area contributed by atoms with E-state index in [0.29, 0.717) is 35.4 Å². The monoisotopic (exact) mass is 610 g/mol. The number of carbonyl (C=O) groups excluding carboxylic acids is 2. The van der Waals surface area contributed by atoms with Crippen LogP contribution in [0.15, 0.2) is 51.8 Å². The standard InChI is InChI=1S/C30H31BrN2O7/c1-33-10-9-30-14-21(34)22(37-2)13-19(30)20(33)11-17-18(12-23(38-3)27(35)25(17)30)28-24(29(36)39-4)26(32-40-28)15-5-7-16(31)8-6-15/h5-8,12-13,19-20,24,28,35H,9-11,14H2,1-4H3/t19-,20+,24-,28+,30-/m1/s1. The van der Waals surface area contributed by atoms with Crippen LogP contribution in [0.4, 0.5) is 0 Å². The fourth-order valence-electron chi connectivity index (χ4n) is 7.21. The summed E-state index contributed by atoms with van der Waals surface area (Å²) in [6.07, 6.45) is 2.59. The van der Waals surface area contributed by atoms with Gasteiger partial charge in [0.1, 0.15) is 11.6 Å². The Morgan fingerprint density at radius 2 is 1.95 bits per heavy atom. The van der Waals surface area contributed by atoms with Crippen LogP contribution in [-0.2, 0) is 35.7 Å². The number of hydrogen-bond acceptors (Lipinski definition) is 9. The summed E-state index contributed by atoms with van der Waals surface area (Å²) in [5, 5.41) is 16.0. The van der Waals surface area contributed by atoms with Gasteiger partial charge in [-0.2, -0.15) is 0 Å². The summed E-state index contributed by atoms with van der Waals surface area (Å²) in [6.45, 7) is 0.775. The van der Waals surface area contributed by atoms with Crippen LogP contribution in [0.1, 0.15) is 41.2 Å². The van der Waals surface area contributed by atoms with Crippen molar-refractivity contribution < 1.29 is 33.7 Å². The number of ketones is 1. The number of benzene rings is 2. The number of phenols is 1. The number of piperidine rings is 1. The second-order valence-electron chi connectivity index (χ2n) is 10.9. The molecule has 2 heterocycles. The molecule has 2 aliphatic carbocycles. The molecule has 210 valence electrons. The van der Waals surface area contributed by atoms with Crippen molar-refractivity contribution in [3.05, 3.63) is 68.9 Å². The van der Waals surface area contributed by atoms with Gasteiger partial charge in [0.05, 0.1) is 21.3 Å². The van der Waals surface area contributed by atoms with Gasteiger partial charge in [-0.3, -0.25) is 9.59 Å². The van der Waals surface area contributed by atoms with Gasteiger partial charge in [0.25, 0.3) is 0 Å². The predicted octanol–water partition coefficient (Wildman–Crippen LogP) is 4.05. The molecule has 1 saturated heterocycles. The Morgan fingerprint density at radius 1 is 1.20 bits per heavy atom. The van der Waals surface area contributed by atoms with E-state index in [4.69, 9.17) is 19.0 Å². The van der Waals surface area contributed by atoms with Crippen LogP contribution in [0, 0.1) is 11.8 Å². The third-order valence-corrected chi connectivity index (χ3v) is 9.66. The number of methoxy groups -OCH3 is 3. The van der Waals surface area contributed by atoms with Crippen LogP contribution in [0.2, 0.25) is 0 Å². The number of esters is 1. The van der Waals surface area contributed by atoms with E-state index < -0.39 is 23.4 Å². The lowest BCUT2D eigenvalue weighted by atomic mass is 9.53. The first-order valence-electron chi connectivity index (χ1n) is 13.2. The highest BCUT2D eigenvalue weighted by atomic mass is 79.9. The van der Waals surface area contributed by atoms with E-state index in [1.165, 1.54) is 21.3 Å². The van der Waals surface area contributed by atoms with E-state index in [1.54, 1.807) is 6.07 Å². The van der Waals surface area contributed by atoms with Gasteiger partial charge in [-0.15, -0.1) is 0 Å². The zero-order valence-corrected chi connectivity index (χ0v) is 24.4. The Kier molecular flexibility index (Phi) is 6.65. The summed E-state index contributed by atoms with van der Waals surface area (Å²) in [4.78, 5) is 34.9. The van der Waals surface area contributed by atoms with Gasteiger partial charge in [0.2, 0.25) is 0 Å². The maximum Gasteiger partial charge on any atom is 0.319 e. The molecule has 0 spiro atoms. The normalized spacial score (nSPS) is 29.0. The molecule has 4 aliphatic rings. The molecule has 2 bridgehead atoms. The van der Waals surface area contributed by atoms with Crippen LogP contribution < -0.4 is 4.74 Å². The van der Waals surface area contributed by atoms with E-state index in [2.05, 4.69) is 33.0 Å². The molecule has 1 fully saturated rings. The smallest absolute Gasteiger partial charge is 0.319 e. The molecule has 0 radical (unpaired) electrons. The molecule has 0 saturated carbocycles. The van der Waals surface area contributed by atoms with E-state index in [-0.39, 0.29) is 35.7 Å². The lowest BCUT2D eigenvalue weighted by Gasteiger charge is -2.57. The number of halogens is 1. The van der Waals surface area contributed by atoms with E-state index in [9.17, 15) is 14.7 Å². The lowest BCUT2D eigenvalue weighted by Crippen LogP contribution is -2.60. The highest BCUT2D eigenvalue weighted by molar-refractivity contribution is 9.10. The number of hydrogen-bond donors (Lipinski definition) is 1. The first-order chi connectivity index (χ1) is 19.2. The molecule has 1 N–H and O–H groups in total. The highest BCUT2D eigenvalue weighted by Crippen LogP contribution is 2.59. The number of likely N-dealkylation sites (tertiary alicyclic amines) is 1. The average molecular weight is 611 g/mol. The number of oxime groups is 1. The molecule has 5 atom stereocenters. The van der Waals surface area contributed by atoms with Crippen molar-refractivity contribution in [2.24, 2.45) is 17.0 Å². The van der Waals surface area contributed by atoms with E-state index >= 15 is 0 Å². The quantitative estimate of drug-likeness (QED) is 0.505. The minimum Gasteiger partial charge on any atom is -0.504 e. The third-order valence-electron chi connectivity index (χ3n) is 9.13. The number of allylic oxidation sites excluding steroid dienone is 1. The molecule has 2 aromatic rings. The van der Waals surface area contributed by atoms with Gasteiger partial charge in [0.15, 0.2) is 29.1 Å². The second-order valence-corrected chi connectivity index (χ2v) is 11.8. The Balaban J connectivity index is 1.55. The number of ether oxygens (including phenoxy) is 3. The Hall–Kier alpha value is -3.37. The van der Waals surface area contributed by atoms with Crippen molar-refractivity contribution in [1.29, 1.82) is 0 Å². The van der Waals surface area contributed by atoms with Crippen LogP contribution in [0.5, 0.6) is 11.5 Å². The summed E-state index contributed by atoms with van der Waals surface area (Å²) < 4.78 is 17.2. The number of aromatic hydroxyl groups is 1. The van der Waals surface area contributed by atoms with Gasteiger partial charge in [0, 0.05) is 45.0 Å². The topological polar surface area (TPSA) is 107 Å². The van der Waals surface area contributed by atoms with E-state index in [0.717, 1.165) is 22.1 Å².